The van der Waals surface area contributed by atoms with Gasteiger partial charge < -0.3 is 4.74 Å². The van der Waals surface area contributed by atoms with E-state index in [-0.39, 0.29) is 5.91 Å². The van der Waals surface area contributed by atoms with Crippen LogP contribution in [0.3, 0.4) is 0 Å². The Balaban J connectivity index is 2.19. The first kappa shape index (κ1) is 15.6. The molecule has 0 unspecified atom stereocenters. The van der Waals surface area contributed by atoms with Gasteiger partial charge in [-0.2, -0.15) is 0 Å². The minimum atomic E-state index is -0.606. The van der Waals surface area contributed by atoms with Crippen LogP contribution in [0.15, 0.2) is 40.9 Å². The lowest BCUT2D eigenvalue weighted by atomic mass is 9.86. The van der Waals surface area contributed by atoms with Gasteiger partial charge in [-0.3, -0.25) is 9.69 Å². The Kier molecular flexibility index (Phi) is 3.65. The van der Waals surface area contributed by atoms with Crippen LogP contribution in [0.1, 0.15) is 19.4 Å². The van der Waals surface area contributed by atoms with Crippen LogP contribution in [0.2, 0.25) is 0 Å². The molecule has 0 radical (unpaired) electrons. The summed E-state index contributed by atoms with van der Waals surface area (Å²) in [5, 5.41) is 0. The number of hydrogen-bond acceptors (Lipinski definition) is 2. The highest BCUT2D eigenvalue weighted by atomic mass is 79.9. The molecule has 4 nitrogen and oxygen atoms in total. The summed E-state index contributed by atoms with van der Waals surface area (Å²) in [6.45, 7) is 11.0. The minimum absolute atomic E-state index is 0.00298. The Hall–Kier alpha value is -2.32. The molecule has 0 aromatic heterocycles. The highest BCUT2D eigenvalue weighted by Gasteiger charge is 2.44. The van der Waals surface area contributed by atoms with E-state index in [1.807, 2.05) is 32.0 Å². The standard InChI is InChI=1S/C18H15BrN2O2/c1-18(2)13-9-11(19)5-8-15(13)21(17(18)22)12-6-7-14(20-3)16(10-12)23-4/h5-10H,1-2,4H3. The monoisotopic (exact) mass is 370 g/mol. The molecule has 0 N–H and O–H groups in total. The van der Waals surface area contributed by atoms with Gasteiger partial charge in [-0.1, -0.05) is 22.0 Å². The number of fused-ring (bicyclic) bond motifs is 1. The minimum Gasteiger partial charge on any atom is -0.508 e. The molecule has 2 aromatic carbocycles. The van der Waals surface area contributed by atoms with E-state index in [0.29, 0.717) is 17.1 Å². The van der Waals surface area contributed by atoms with Crippen molar-refractivity contribution in [3.05, 3.63) is 57.9 Å². The van der Waals surface area contributed by atoms with E-state index in [2.05, 4.69) is 20.8 Å². The number of benzene rings is 2. The van der Waals surface area contributed by atoms with Gasteiger partial charge in [0.1, 0.15) is 5.75 Å². The molecule has 1 heterocycles. The highest BCUT2D eigenvalue weighted by Crippen LogP contribution is 2.47. The first-order valence-corrected chi connectivity index (χ1v) is 7.89. The number of rotatable bonds is 2. The Labute approximate surface area is 143 Å². The Bertz CT molecular complexity index is 853. The number of carbonyl (C=O) groups is 1. The number of nitrogens with zero attached hydrogens (tertiary/aromatic N) is 2. The van der Waals surface area contributed by atoms with E-state index >= 15 is 0 Å². The molecule has 0 aliphatic carbocycles. The van der Waals surface area contributed by atoms with Gasteiger partial charge in [0.2, 0.25) is 11.6 Å². The normalized spacial score (nSPS) is 15.3. The lowest BCUT2D eigenvalue weighted by Crippen LogP contribution is -2.33. The summed E-state index contributed by atoms with van der Waals surface area (Å²) >= 11 is 3.47. The summed E-state index contributed by atoms with van der Waals surface area (Å²) in [7, 11) is 1.52. The largest absolute Gasteiger partial charge is 0.508 e. The summed E-state index contributed by atoms with van der Waals surface area (Å²) in [4.78, 5) is 18.1. The number of anilines is 2. The van der Waals surface area contributed by atoms with E-state index in [1.54, 1.807) is 23.1 Å². The van der Waals surface area contributed by atoms with Crippen molar-refractivity contribution in [2.24, 2.45) is 0 Å². The van der Waals surface area contributed by atoms with Gasteiger partial charge >= 0.3 is 0 Å². The second-order valence-corrected chi connectivity index (χ2v) is 6.81. The summed E-state index contributed by atoms with van der Waals surface area (Å²) < 4.78 is 6.22. The van der Waals surface area contributed by atoms with E-state index in [4.69, 9.17) is 11.3 Å². The van der Waals surface area contributed by atoms with Gasteiger partial charge in [-0.15, -0.1) is 0 Å². The predicted octanol–water partition coefficient (Wildman–Crippen LogP) is 4.96. The molecule has 2 aromatic rings. The van der Waals surface area contributed by atoms with Gasteiger partial charge in [0.15, 0.2) is 0 Å². The molecule has 5 heteroatoms. The van der Waals surface area contributed by atoms with Gasteiger partial charge in [-0.25, -0.2) is 4.85 Å². The van der Waals surface area contributed by atoms with Crippen molar-refractivity contribution in [3.63, 3.8) is 0 Å². The third kappa shape index (κ3) is 2.30. The molecule has 1 aliphatic heterocycles. The summed E-state index contributed by atoms with van der Waals surface area (Å²) in [6, 6.07) is 11.0. The fourth-order valence-electron chi connectivity index (χ4n) is 2.86. The van der Waals surface area contributed by atoms with Crippen LogP contribution in [-0.2, 0) is 10.2 Å². The van der Waals surface area contributed by atoms with Crippen molar-refractivity contribution < 1.29 is 9.53 Å². The van der Waals surface area contributed by atoms with E-state index in [9.17, 15) is 4.79 Å². The fraction of sp³-hybridized carbons (Fsp3) is 0.222. The third-order valence-corrected chi connectivity index (χ3v) is 4.65. The predicted molar refractivity (Wildman–Crippen MR) is 93.6 cm³/mol. The second kappa shape index (κ2) is 5.39. The summed E-state index contributed by atoms with van der Waals surface area (Å²) in [5.41, 5.74) is 2.36. The number of hydrogen-bond donors (Lipinski definition) is 0. The Morgan fingerprint density at radius 1 is 1.22 bits per heavy atom. The first-order chi connectivity index (χ1) is 10.9. The second-order valence-electron chi connectivity index (χ2n) is 5.89. The maximum atomic E-state index is 13.0. The molecule has 0 saturated carbocycles. The van der Waals surface area contributed by atoms with Crippen molar-refractivity contribution in [1.29, 1.82) is 0 Å². The maximum absolute atomic E-state index is 13.0. The first-order valence-electron chi connectivity index (χ1n) is 7.10. The molecular weight excluding hydrogens is 356 g/mol. The molecule has 23 heavy (non-hydrogen) atoms. The number of methoxy groups -OCH3 is 1. The molecule has 0 fully saturated rings. The summed E-state index contributed by atoms with van der Waals surface area (Å²) in [6.07, 6.45) is 0. The van der Waals surface area contributed by atoms with Gasteiger partial charge in [0.25, 0.3) is 0 Å². The van der Waals surface area contributed by atoms with E-state index in [0.717, 1.165) is 15.7 Å². The number of ether oxygens (including phenoxy) is 1. The molecule has 0 bridgehead atoms. The molecular formula is C18H15BrN2O2. The SMILES string of the molecule is [C-]#[N+]c1ccc(N2C(=O)C(C)(C)c3cc(Br)ccc32)cc1OC. The average molecular weight is 371 g/mol. The van der Waals surface area contributed by atoms with Crippen molar-refractivity contribution in [2.75, 3.05) is 12.0 Å². The van der Waals surface area contributed by atoms with E-state index < -0.39 is 5.41 Å². The van der Waals surface area contributed by atoms with Crippen molar-refractivity contribution in [3.8, 4) is 5.75 Å². The van der Waals surface area contributed by atoms with Crippen LogP contribution >= 0.6 is 15.9 Å². The highest BCUT2D eigenvalue weighted by molar-refractivity contribution is 9.10. The van der Waals surface area contributed by atoms with E-state index in [1.165, 1.54) is 7.11 Å². The molecule has 1 amide bonds. The molecule has 116 valence electrons. The summed E-state index contributed by atoms with van der Waals surface area (Å²) in [5.74, 6) is 0.469. The van der Waals surface area contributed by atoms with Crippen LogP contribution in [0.25, 0.3) is 4.85 Å². The number of halogens is 1. The lowest BCUT2D eigenvalue weighted by Gasteiger charge is -2.21. The zero-order chi connectivity index (χ0) is 16.8. The quantitative estimate of drug-likeness (QED) is 0.699. The van der Waals surface area contributed by atoms with Gasteiger partial charge in [0.05, 0.1) is 24.8 Å². The maximum Gasteiger partial charge on any atom is 0.241 e. The number of carbonyl (C=O) groups excluding carboxylic acids is 1. The van der Waals surface area contributed by atoms with Crippen molar-refractivity contribution in [1.82, 2.24) is 0 Å². The fourth-order valence-corrected chi connectivity index (χ4v) is 3.22. The average Bonchev–Trinajstić information content (AvgIpc) is 2.74. The Morgan fingerprint density at radius 3 is 2.61 bits per heavy atom. The topological polar surface area (TPSA) is 33.9 Å². The van der Waals surface area contributed by atoms with Crippen LogP contribution in [0.5, 0.6) is 5.75 Å². The molecule has 0 spiro atoms. The third-order valence-electron chi connectivity index (χ3n) is 4.15. The smallest absolute Gasteiger partial charge is 0.241 e. The van der Waals surface area contributed by atoms with Crippen molar-refractivity contribution >= 4 is 38.9 Å². The van der Waals surface area contributed by atoms with Gasteiger partial charge in [-0.05, 0) is 49.7 Å². The van der Waals surface area contributed by atoms with Crippen molar-refractivity contribution in [2.45, 2.75) is 19.3 Å². The van der Waals surface area contributed by atoms with Crippen LogP contribution in [-0.4, -0.2) is 13.0 Å². The zero-order valence-electron chi connectivity index (χ0n) is 13.1. The van der Waals surface area contributed by atoms with Crippen LogP contribution in [0.4, 0.5) is 17.1 Å². The number of amides is 1. The lowest BCUT2D eigenvalue weighted by molar-refractivity contribution is -0.121. The van der Waals surface area contributed by atoms with Crippen LogP contribution < -0.4 is 9.64 Å². The van der Waals surface area contributed by atoms with Crippen LogP contribution in [0, 0.1) is 6.57 Å². The molecule has 0 saturated heterocycles. The molecule has 3 rings (SSSR count). The zero-order valence-corrected chi connectivity index (χ0v) is 14.6. The van der Waals surface area contributed by atoms with Gasteiger partial charge in [0, 0.05) is 10.2 Å². The Morgan fingerprint density at radius 2 is 1.96 bits per heavy atom. The molecule has 1 aliphatic rings. The molecule has 0 atom stereocenters.